The van der Waals surface area contributed by atoms with Crippen LogP contribution in [0.5, 0.6) is 0 Å². The summed E-state index contributed by atoms with van der Waals surface area (Å²) in [6.45, 7) is 15.1. The molecule has 1 heterocycles. The largest absolute Gasteiger partial charge is 0.460 e. The Kier molecular flexibility index (Phi) is 11.3. The van der Waals surface area contributed by atoms with Gasteiger partial charge in [0.2, 0.25) is 0 Å². The van der Waals surface area contributed by atoms with E-state index in [1.54, 1.807) is 74.6 Å². The first-order valence-electron chi connectivity index (χ1n) is 12.3. The van der Waals surface area contributed by atoms with Gasteiger partial charge in [0.15, 0.2) is 0 Å². The Morgan fingerprint density at radius 1 is 0.889 bits per heavy atom. The summed E-state index contributed by atoms with van der Waals surface area (Å²) in [6, 6.07) is 2.46. The van der Waals surface area contributed by atoms with Crippen LogP contribution in [-0.2, 0) is 36.6 Å². The molecule has 204 valence electrons. The Hall–Kier alpha value is -2.71. The van der Waals surface area contributed by atoms with Gasteiger partial charge in [0.25, 0.3) is 0 Å². The second-order valence-electron chi connectivity index (χ2n) is 11.9. The maximum atomic E-state index is 13.1. The zero-order valence-corrected chi connectivity index (χ0v) is 23.2. The summed E-state index contributed by atoms with van der Waals surface area (Å²) in [5.74, 6) is -2.01. The molecule has 1 rings (SSSR count). The lowest BCUT2D eigenvalue weighted by atomic mass is 9.93. The lowest BCUT2D eigenvalue weighted by Gasteiger charge is -2.29. The number of hydrogen-bond donors (Lipinski definition) is 1. The number of ether oxygens (including phenoxy) is 3. The fourth-order valence-electron chi connectivity index (χ4n) is 3.22. The summed E-state index contributed by atoms with van der Waals surface area (Å²) in [5, 5.41) is 2.56. The fourth-order valence-corrected chi connectivity index (χ4v) is 3.22. The lowest BCUT2D eigenvalue weighted by molar-refractivity contribution is -0.162. The molecule has 0 fully saturated rings. The van der Waals surface area contributed by atoms with Crippen LogP contribution in [0, 0.1) is 5.92 Å². The number of pyridine rings is 1. The van der Waals surface area contributed by atoms with Crippen molar-refractivity contribution in [2.45, 2.75) is 111 Å². The third-order valence-corrected chi connectivity index (χ3v) is 4.58. The van der Waals surface area contributed by atoms with Crippen molar-refractivity contribution in [3.63, 3.8) is 0 Å². The number of halogens is 1. The van der Waals surface area contributed by atoms with E-state index in [-0.39, 0.29) is 12.8 Å². The average molecular weight is 511 g/mol. The summed E-state index contributed by atoms with van der Waals surface area (Å²) in [5.41, 5.74) is -0.831. The topological polar surface area (TPSA) is 104 Å². The van der Waals surface area contributed by atoms with Gasteiger partial charge >= 0.3 is 18.0 Å². The summed E-state index contributed by atoms with van der Waals surface area (Å²) < 4.78 is 28.9. The number of rotatable bonds is 10. The minimum Gasteiger partial charge on any atom is -0.460 e. The molecule has 2 unspecified atom stereocenters. The van der Waals surface area contributed by atoms with E-state index in [2.05, 4.69) is 10.3 Å². The number of amides is 1. The minimum atomic E-state index is -1.15. The average Bonchev–Trinajstić information content (AvgIpc) is 2.68. The van der Waals surface area contributed by atoms with Crippen LogP contribution in [-0.4, -0.2) is 52.5 Å². The maximum absolute atomic E-state index is 13.1. The predicted molar refractivity (Wildman–Crippen MR) is 135 cm³/mol. The number of carbonyl (C=O) groups is 3. The highest BCUT2D eigenvalue weighted by atomic mass is 19.1. The van der Waals surface area contributed by atoms with Gasteiger partial charge in [-0.15, -0.1) is 0 Å². The molecule has 0 saturated carbocycles. The summed E-state index contributed by atoms with van der Waals surface area (Å²) in [6.07, 6.45) is 1.94. The number of carbonyl (C=O) groups excluding carboxylic acids is 3. The first kappa shape index (κ1) is 31.3. The smallest absolute Gasteiger partial charge is 0.408 e. The van der Waals surface area contributed by atoms with Crippen LogP contribution in [0.25, 0.3) is 0 Å². The van der Waals surface area contributed by atoms with Crippen LogP contribution >= 0.6 is 0 Å². The van der Waals surface area contributed by atoms with Crippen molar-refractivity contribution in [1.82, 2.24) is 10.3 Å². The van der Waals surface area contributed by atoms with Crippen molar-refractivity contribution < 1.29 is 33.0 Å². The maximum Gasteiger partial charge on any atom is 0.408 e. The first-order valence-corrected chi connectivity index (χ1v) is 12.3. The summed E-state index contributed by atoms with van der Waals surface area (Å²) >= 11 is 0. The van der Waals surface area contributed by atoms with E-state index in [1.807, 2.05) is 6.07 Å². The van der Waals surface area contributed by atoms with Crippen molar-refractivity contribution in [2.24, 2.45) is 5.92 Å². The monoisotopic (exact) mass is 510 g/mol. The van der Waals surface area contributed by atoms with E-state index >= 15 is 0 Å². The van der Waals surface area contributed by atoms with E-state index in [1.165, 1.54) is 0 Å². The second-order valence-corrected chi connectivity index (χ2v) is 11.9. The van der Waals surface area contributed by atoms with Gasteiger partial charge in [-0.1, -0.05) is 6.07 Å². The van der Waals surface area contributed by atoms with Gasteiger partial charge < -0.3 is 19.5 Å². The first-order chi connectivity index (χ1) is 16.4. The number of alkyl halides is 1. The number of nitrogens with zero attached hydrogens (tertiary/aromatic N) is 1. The van der Waals surface area contributed by atoms with E-state index in [4.69, 9.17) is 14.2 Å². The van der Waals surface area contributed by atoms with Crippen molar-refractivity contribution in [2.75, 3.05) is 6.67 Å². The molecular weight excluding hydrogens is 467 g/mol. The van der Waals surface area contributed by atoms with Crippen molar-refractivity contribution in [3.8, 4) is 0 Å². The molecule has 0 aliphatic rings. The van der Waals surface area contributed by atoms with Crippen molar-refractivity contribution >= 4 is 18.0 Å². The van der Waals surface area contributed by atoms with Crippen LogP contribution in [0.2, 0.25) is 0 Å². The molecule has 1 aromatic heterocycles. The van der Waals surface area contributed by atoms with E-state index in [0.717, 1.165) is 5.56 Å². The number of aryl methyl sites for hydroxylation is 1. The van der Waals surface area contributed by atoms with E-state index in [9.17, 15) is 18.8 Å². The SMILES string of the molecule is CC(C)(C)OC(=O)NC(CC(Cc1ccc(CCCF)cn1)C(=O)OC(C)(C)C)C(=O)OC(C)(C)C. The van der Waals surface area contributed by atoms with Crippen LogP contribution in [0.4, 0.5) is 9.18 Å². The molecule has 1 N–H and O–H groups in total. The molecule has 1 amide bonds. The Morgan fingerprint density at radius 2 is 1.44 bits per heavy atom. The highest BCUT2D eigenvalue weighted by molar-refractivity contribution is 5.83. The summed E-state index contributed by atoms with van der Waals surface area (Å²) in [7, 11) is 0. The Morgan fingerprint density at radius 3 is 1.92 bits per heavy atom. The third-order valence-electron chi connectivity index (χ3n) is 4.58. The highest BCUT2D eigenvalue weighted by Crippen LogP contribution is 2.22. The van der Waals surface area contributed by atoms with Gasteiger partial charge in [-0.05, 0) is 93.2 Å². The van der Waals surface area contributed by atoms with Gasteiger partial charge in [-0.3, -0.25) is 14.2 Å². The molecule has 8 nitrogen and oxygen atoms in total. The van der Waals surface area contributed by atoms with E-state index in [0.29, 0.717) is 18.5 Å². The molecule has 0 aliphatic carbocycles. The predicted octanol–water partition coefficient (Wildman–Crippen LogP) is 5.11. The fraction of sp³-hybridized carbons (Fsp3) is 0.704. The van der Waals surface area contributed by atoms with Gasteiger partial charge in [-0.25, -0.2) is 9.59 Å². The molecule has 2 atom stereocenters. The Bertz CT molecular complexity index is 866. The minimum absolute atomic E-state index is 0.0750. The molecule has 0 bridgehead atoms. The number of nitrogens with one attached hydrogen (secondary N) is 1. The number of aromatic nitrogens is 1. The second kappa shape index (κ2) is 13.0. The van der Waals surface area contributed by atoms with Crippen molar-refractivity contribution in [1.29, 1.82) is 0 Å². The molecule has 0 spiro atoms. The molecule has 36 heavy (non-hydrogen) atoms. The van der Waals surface area contributed by atoms with Crippen LogP contribution < -0.4 is 5.32 Å². The molecule has 0 aliphatic heterocycles. The van der Waals surface area contributed by atoms with Gasteiger partial charge in [0, 0.05) is 18.3 Å². The zero-order chi connectivity index (χ0) is 27.7. The lowest BCUT2D eigenvalue weighted by Crippen LogP contribution is -2.48. The zero-order valence-electron chi connectivity index (χ0n) is 23.2. The molecule has 0 aromatic carbocycles. The highest BCUT2D eigenvalue weighted by Gasteiger charge is 2.35. The van der Waals surface area contributed by atoms with Gasteiger partial charge in [0.05, 0.1) is 12.6 Å². The Balaban J connectivity index is 3.21. The van der Waals surface area contributed by atoms with Gasteiger partial charge in [0.1, 0.15) is 22.8 Å². The third kappa shape index (κ3) is 13.4. The van der Waals surface area contributed by atoms with Gasteiger partial charge in [-0.2, -0.15) is 0 Å². The molecular formula is C27H43FN2O6. The molecule has 0 radical (unpaired) electrons. The van der Waals surface area contributed by atoms with Crippen molar-refractivity contribution in [3.05, 3.63) is 29.6 Å². The molecule has 9 heteroatoms. The van der Waals surface area contributed by atoms with Crippen LogP contribution in [0.15, 0.2) is 18.3 Å². The molecule has 0 saturated heterocycles. The molecule has 1 aromatic rings. The van der Waals surface area contributed by atoms with Crippen LogP contribution in [0.1, 0.15) is 86.4 Å². The van der Waals surface area contributed by atoms with Crippen LogP contribution in [0.3, 0.4) is 0 Å². The Labute approximate surface area is 214 Å². The normalized spacial score (nSPS) is 13.9. The standard InChI is InChI=1S/C27H43FN2O6/c1-25(2,3)34-22(31)19(15-20-13-12-18(17-29-20)11-10-14-28)16-21(23(32)35-26(4,5)6)30-24(33)36-27(7,8)9/h12-13,17,19,21H,10-11,14-16H2,1-9H3,(H,30,33). The quantitative estimate of drug-likeness (QED) is 0.345. The number of hydrogen-bond acceptors (Lipinski definition) is 7. The summed E-state index contributed by atoms with van der Waals surface area (Å²) in [4.78, 5) is 43.1. The van der Waals surface area contributed by atoms with E-state index < -0.39 is 53.5 Å². The number of alkyl carbamates (subject to hydrolysis) is 1. The number of esters is 2.